The second kappa shape index (κ2) is 7.04. The third kappa shape index (κ3) is 3.06. The largest absolute Gasteiger partial charge is 0.295 e. The number of ketones is 1. The molecule has 0 saturated heterocycles. The SMILES string of the molecule is CC(=O)/C=C/c1ccc2ccccc2c1-c1c(I)ccc2ccccc12. The van der Waals surface area contributed by atoms with E-state index in [1.807, 2.05) is 6.08 Å². The number of benzene rings is 4. The summed E-state index contributed by atoms with van der Waals surface area (Å²) in [5, 5.41) is 4.85. The maximum absolute atomic E-state index is 11.5. The standard InChI is InChI=1S/C24H17IO/c1-16(26)10-11-19-13-12-17-6-2-4-8-20(17)23(19)24-21-9-5-3-7-18(21)14-15-22(24)25/h2-15H,1H3/b11-10+. The van der Waals surface area contributed by atoms with Crippen LogP contribution in [0.4, 0.5) is 0 Å². The number of allylic oxidation sites excluding steroid dienone is 1. The first-order valence-corrected chi connectivity index (χ1v) is 9.61. The molecule has 126 valence electrons. The van der Waals surface area contributed by atoms with Gasteiger partial charge in [-0.25, -0.2) is 0 Å². The van der Waals surface area contributed by atoms with Crippen LogP contribution in [0.3, 0.4) is 0 Å². The minimum Gasteiger partial charge on any atom is -0.295 e. The Hall–Kier alpha value is -2.46. The molecule has 4 rings (SSSR count). The van der Waals surface area contributed by atoms with Crippen molar-refractivity contribution in [2.24, 2.45) is 0 Å². The van der Waals surface area contributed by atoms with Crippen molar-refractivity contribution in [3.05, 3.63) is 88.0 Å². The van der Waals surface area contributed by atoms with Gasteiger partial charge in [0.05, 0.1) is 0 Å². The molecule has 0 aromatic heterocycles. The number of carbonyl (C=O) groups excluding carboxylic acids is 1. The highest BCUT2D eigenvalue weighted by molar-refractivity contribution is 14.1. The van der Waals surface area contributed by atoms with Crippen LogP contribution >= 0.6 is 22.6 Å². The lowest BCUT2D eigenvalue weighted by Gasteiger charge is -2.16. The lowest BCUT2D eigenvalue weighted by Crippen LogP contribution is -1.92. The first kappa shape index (κ1) is 17.0. The van der Waals surface area contributed by atoms with Crippen LogP contribution in [0.25, 0.3) is 38.7 Å². The van der Waals surface area contributed by atoms with E-state index in [4.69, 9.17) is 0 Å². The van der Waals surface area contributed by atoms with Gasteiger partial charge in [-0.05, 0) is 74.3 Å². The van der Waals surface area contributed by atoms with E-state index in [0.717, 1.165) is 5.56 Å². The van der Waals surface area contributed by atoms with E-state index in [2.05, 4.69) is 95.4 Å². The Morgan fingerprint density at radius 2 is 1.35 bits per heavy atom. The van der Waals surface area contributed by atoms with Gasteiger partial charge in [0, 0.05) is 9.13 Å². The molecule has 4 aromatic carbocycles. The highest BCUT2D eigenvalue weighted by atomic mass is 127. The van der Waals surface area contributed by atoms with E-state index < -0.39 is 0 Å². The molecule has 0 spiro atoms. The van der Waals surface area contributed by atoms with Crippen LogP contribution in [0, 0.1) is 3.57 Å². The summed E-state index contributed by atoms with van der Waals surface area (Å²) < 4.78 is 1.20. The second-order valence-corrected chi connectivity index (χ2v) is 7.50. The van der Waals surface area contributed by atoms with Crippen LogP contribution in [0.15, 0.2) is 78.9 Å². The minimum atomic E-state index is 0.0525. The minimum absolute atomic E-state index is 0.0525. The number of carbonyl (C=O) groups is 1. The van der Waals surface area contributed by atoms with Crippen LogP contribution in [-0.4, -0.2) is 5.78 Å². The molecule has 1 nitrogen and oxygen atoms in total. The number of halogens is 1. The van der Waals surface area contributed by atoms with Gasteiger partial charge in [0.2, 0.25) is 0 Å². The van der Waals surface area contributed by atoms with E-state index in [1.54, 1.807) is 13.0 Å². The zero-order valence-corrected chi connectivity index (χ0v) is 16.5. The molecule has 0 unspecified atom stereocenters. The highest BCUT2D eigenvalue weighted by Gasteiger charge is 2.14. The van der Waals surface area contributed by atoms with Gasteiger partial charge in [0.15, 0.2) is 5.78 Å². The molecule has 26 heavy (non-hydrogen) atoms. The van der Waals surface area contributed by atoms with E-state index in [0.29, 0.717) is 0 Å². The monoisotopic (exact) mass is 448 g/mol. The Bertz CT molecular complexity index is 1170. The number of fused-ring (bicyclic) bond motifs is 2. The first-order chi connectivity index (χ1) is 12.6. The fourth-order valence-corrected chi connectivity index (χ4v) is 4.15. The highest BCUT2D eigenvalue weighted by Crippen LogP contribution is 2.40. The van der Waals surface area contributed by atoms with Crippen LogP contribution in [0.2, 0.25) is 0 Å². The summed E-state index contributed by atoms with van der Waals surface area (Å²) in [4.78, 5) is 11.5. The predicted octanol–water partition coefficient (Wildman–Crippen LogP) is 6.87. The summed E-state index contributed by atoms with van der Waals surface area (Å²) in [7, 11) is 0. The van der Waals surface area contributed by atoms with Crippen LogP contribution < -0.4 is 0 Å². The Balaban J connectivity index is 2.15. The van der Waals surface area contributed by atoms with Gasteiger partial charge >= 0.3 is 0 Å². The Morgan fingerprint density at radius 3 is 2.00 bits per heavy atom. The van der Waals surface area contributed by atoms with Crippen LogP contribution in [-0.2, 0) is 4.79 Å². The van der Waals surface area contributed by atoms with Gasteiger partial charge < -0.3 is 0 Å². The smallest absolute Gasteiger partial charge is 0.152 e. The lowest BCUT2D eigenvalue weighted by atomic mass is 9.90. The van der Waals surface area contributed by atoms with Gasteiger partial charge in [-0.15, -0.1) is 0 Å². The van der Waals surface area contributed by atoms with Crippen molar-refractivity contribution in [1.82, 2.24) is 0 Å². The van der Waals surface area contributed by atoms with Crippen molar-refractivity contribution in [3.8, 4) is 11.1 Å². The lowest BCUT2D eigenvalue weighted by molar-refractivity contribution is -0.112. The first-order valence-electron chi connectivity index (χ1n) is 8.53. The van der Waals surface area contributed by atoms with Crippen LogP contribution in [0.1, 0.15) is 12.5 Å². The molecule has 0 aliphatic heterocycles. The van der Waals surface area contributed by atoms with Crippen molar-refractivity contribution in [2.75, 3.05) is 0 Å². The third-order valence-corrected chi connectivity index (χ3v) is 5.49. The summed E-state index contributed by atoms with van der Waals surface area (Å²) in [6.45, 7) is 1.58. The summed E-state index contributed by atoms with van der Waals surface area (Å²) in [5.41, 5.74) is 3.47. The summed E-state index contributed by atoms with van der Waals surface area (Å²) in [6.07, 6.45) is 3.58. The fraction of sp³-hybridized carbons (Fsp3) is 0.0417. The van der Waals surface area contributed by atoms with Gasteiger partial charge in [0.1, 0.15) is 0 Å². The number of hydrogen-bond donors (Lipinski definition) is 0. The zero-order valence-electron chi connectivity index (χ0n) is 14.4. The Morgan fingerprint density at radius 1 is 0.769 bits per heavy atom. The average molecular weight is 448 g/mol. The molecule has 0 radical (unpaired) electrons. The summed E-state index contributed by atoms with van der Waals surface area (Å²) in [6, 6.07) is 25.5. The van der Waals surface area contributed by atoms with Crippen molar-refractivity contribution >= 4 is 56.0 Å². The maximum Gasteiger partial charge on any atom is 0.152 e. The van der Waals surface area contributed by atoms with E-state index in [9.17, 15) is 4.79 Å². The van der Waals surface area contributed by atoms with Crippen molar-refractivity contribution < 1.29 is 4.79 Å². The van der Waals surface area contributed by atoms with Gasteiger partial charge in [-0.3, -0.25) is 4.79 Å². The van der Waals surface area contributed by atoms with Crippen molar-refractivity contribution in [2.45, 2.75) is 6.92 Å². The molecule has 0 fully saturated rings. The molecular weight excluding hydrogens is 431 g/mol. The van der Waals surface area contributed by atoms with Gasteiger partial charge in [-0.1, -0.05) is 72.8 Å². The second-order valence-electron chi connectivity index (χ2n) is 6.34. The fourth-order valence-electron chi connectivity index (χ4n) is 3.41. The zero-order chi connectivity index (χ0) is 18.1. The quantitative estimate of drug-likeness (QED) is 0.247. The molecule has 4 aromatic rings. The summed E-state index contributed by atoms with van der Waals surface area (Å²) in [5.74, 6) is 0.0525. The normalized spacial score (nSPS) is 11.5. The molecule has 0 atom stereocenters. The van der Waals surface area contributed by atoms with E-state index in [1.165, 1.54) is 36.2 Å². The molecule has 0 aliphatic rings. The van der Waals surface area contributed by atoms with E-state index >= 15 is 0 Å². The Labute approximate surface area is 166 Å². The summed E-state index contributed by atoms with van der Waals surface area (Å²) >= 11 is 2.41. The third-order valence-electron chi connectivity index (χ3n) is 4.59. The molecule has 0 bridgehead atoms. The number of hydrogen-bond acceptors (Lipinski definition) is 1. The van der Waals surface area contributed by atoms with Gasteiger partial charge in [-0.2, -0.15) is 0 Å². The molecule has 0 amide bonds. The Kier molecular flexibility index (Phi) is 4.60. The maximum atomic E-state index is 11.5. The van der Waals surface area contributed by atoms with Crippen molar-refractivity contribution in [3.63, 3.8) is 0 Å². The average Bonchev–Trinajstić information content (AvgIpc) is 2.66. The van der Waals surface area contributed by atoms with E-state index in [-0.39, 0.29) is 5.78 Å². The number of rotatable bonds is 3. The van der Waals surface area contributed by atoms with Gasteiger partial charge in [0.25, 0.3) is 0 Å². The van der Waals surface area contributed by atoms with Crippen LogP contribution in [0.5, 0.6) is 0 Å². The topological polar surface area (TPSA) is 17.1 Å². The predicted molar refractivity (Wildman–Crippen MR) is 119 cm³/mol. The molecule has 0 heterocycles. The molecule has 0 saturated carbocycles. The molecule has 0 N–H and O–H groups in total. The van der Waals surface area contributed by atoms with Crippen molar-refractivity contribution in [1.29, 1.82) is 0 Å². The molecule has 0 aliphatic carbocycles. The molecule has 2 heteroatoms. The molecular formula is C24H17IO.